The van der Waals surface area contributed by atoms with Crippen molar-refractivity contribution in [3.8, 4) is 0 Å². The van der Waals surface area contributed by atoms with E-state index < -0.39 is 6.04 Å². The molecule has 1 atom stereocenters. The molecule has 0 aliphatic carbocycles. The van der Waals surface area contributed by atoms with Crippen molar-refractivity contribution in [1.29, 1.82) is 0 Å². The average Bonchev–Trinajstić information content (AvgIpc) is 2.10. The van der Waals surface area contributed by atoms with Gasteiger partial charge in [0.1, 0.15) is 0 Å². The summed E-state index contributed by atoms with van der Waals surface area (Å²) < 4.78 is 0. The Hall–Kier alpha value is -0.900. The van der Waals surface area contributed by atoms with E-state index in [2.05, 4.69) is 11.9 Å². The third-order valence-corrected chi connectivity index (χ3v) is 1.87. The van der Waals surface area contributed by atoms with Crippen LogP contribution in [0.4, 0.5) is 0 Å². The van der Waals surface area contributed by atoms with Crippen LogP contribution in [0.25, 0.3) is 0 Å². The molecule has 0 aromatic heterocycles. The zero-order valence-electron chi connectivity index (χ0n) is 8.16. The molecular formula is C9H18N2O2. The highest BCUT2D eigenvalue weighted by molar-refractivity contribution is 4.69. The number of nitrogens with one attached hydrogen (secondary N) is 1. The van der Waals surface area contributed by atoms with Gasteiger partial charge in [0.05, 0.1) is 0 Å². The molecule has 0 spiro atoms. The number of nitrogens with zero attached hydrogens (tertiary/aromatic N) is 1. The van der Waals surface area contributed by atoms with Gasteiger partial charge in [0, 0.05) is 24.8 Å². The second kappa shape index (κ2) is 7.73. The minimum atomic E-state index is -0.403. The Morgan fingerprint density at radius 1 is 1.62 bits per heavy atom. The summed E-state index contributed by atoms with van der Waals surface area (Å²) in [5.74, 6) is 0. The van der Waals surface area contributed by atoms with Crippen LogP contribution in [-0.4, -0.2) is 24.1 Å². The highest BCUT2D eigenvalue weighted by Gasteiger charge is 2.10. The quantitative estimate of drug-likeness (QED) is 0.271. The first-order valence-corrected chi connectivity index (χ1v) is 4.63. The summed E-state index contributed by atoms with van der Waals surface area (Å²) in [5, 5.41) is 13.4. The zero-order valence-corrected chi connectivity index (χ0v) is 8.16. The van der Waals surface area contributed by atoms with Gasteiger partial charge in [-0.3, -0.25) is 10.1 Å². The van der Waals surface area contributed by atoms with Crippen LogP contribution in [0, 0.1) is 10.1 Å². The molecule has 0 heterocycles. The van der Waals surface area contributed by atoms with E-state index in [0.29, 0.717) is 6.42 Å². The molecule has 0 bridgehead atoms. The zero-order chi connectivity index (χ0) is 10.1. The first-order valence-electron chi connectivity index (χ1n) is 4.63. The smallest absolute Gasteiger partial charge is 0.210 e. The van der Waals surface area contributed by atoms with Crippen LogP contribution in [0.2, 0.25) is 0 Å². The molecule has 1 N–H and O–H groups in total. The normalized spacial score (nSPS) is 12.4. The van der Waals surface area contributed by atoms with E-state index in [4.69, 9.17) is 0 Å². The molecule has 4 nitrogen and oxygen atoms in total. The maximum atomic E-state index is 10.2. The number of unbranched alkanes of at least 4 members (excludes halogenated alkanes) is 1. The molecule has 13 heavy (non-hydrogen) atoms. The van der Waals surface area contributed by atoms with Gasteiger partial charge in [-0.15, -0.1) is 6.58 Å². The predicted octanol–water partition coefficient (Wildman–Crippen LogP) is 1.60. The fraction of sp³-hybridized carbons (Fsp3) is 0.778. The van der Waals surface area contributed by atoms with Crippen LogP contribution in [0.3, 0.4) is 0 Å². The summed E-state index contributed by atoms with van der Waals surface area (Å²) in [4.78, 5) is 10.0. The third kappa shape index (κ3) is 7.46. The predicted molar refractivity (Wildman–Crippen MR) is 53.4 cm³/mol. The summed E-state index contributed by atoms with van der Waals surface area (Å²) in [6, 6.07) is -0.403. The van der Waals surface area contributed by atoms with Crippen molar-refractivity contribution in [3.63, 3.8) is 0 Å². The number of hydrogen-bond acceptors (Lipinski definition) is 3. The highest BCUT2D eigenvalue weighted by atomic mass is 16.6. The van der Waals surface area contributed by atoms with Gasteiger partial charge in [0.15, 0.2) is 0 Å². The fourth-order valence-electron chi connectivity index (χ4n) is 0.999. The number of hydrogen-bond donors (Lipinski definition) is 1. The largest absolute Gasteiger partial charge is 0.313 e. The fourth-order valence-corrected chi connectivity index (χ4v) is 0.999. The molecule has 0 saturated heterocycles. The standard InChI is InChI=1S/C9H18N2O2/c1-3-7-10-8-5-4-6-9(2)11(12)13/h3,9-10H,1,4-8H2,2H3. The van der Waals surface area contributed by atoms with Crippen LogP contribution in [0.5, 0.6) is 0 Å². The van der Waals surface area contributed by atoms with Crippen molar-refractivity contribution in [1.82, 2.24) is 5.32 Å². The van der Waals surface area contributed by atoms with E-state index in [1.165, 1.54) is 0 Å². The molecule has 76 valence electrons. The molecule has 0 rings (SSSR count). The maximum Gasteiger partial charge on any atom is 0.210 e. The molecule has 0 fully saturated rings. The van der Waals surface area contributed by atoms with Crippen molar-refractivity contribution < 1.29 is 4.92 Å². The van der Waals surface area contributed by atoms with Crippen molar-refractivity contribution in [2.45, 2.75) is 32.2 Å². The lowest BCUT2D eigenvalue weighted by molar-refractivity contribution is -0.519. The number of nitro groups is 1. The van der Waals surface area contributed by atoms with E-state index in [1.807, 2.05) is 0 Å². The lowest BCUT2D eigenvalue weighted by atomic mass is 10.1. The Balaban J connectivity index is 3.15. The van der Waals surface area contributed by atoms with Gasteiger partial charge >= 0.3 is 0 Å². The van der Waals surface area contributed by atoms with E-state index in [-0.39, 0.29) is 4.92 Å². The molecule has 0 saturated carbocycles. The lowest BCUT2D eigenvalue weighted by Gasteiger charge is -2.03. The van der Waals surface area contributed by atoms with Gasteiger partial charge in [0.25, 0.3) is 0 Å². The molecule has 0 aromatic carbocycles. The van der Waals surface area contributed by atoms with Gasteiger partial charge in [-0.1, -0.05) is 6.08 Å². The van der Waals surface area contributed by atoms with E-state index in [1.54, 1.807) is 13.0 Å². The first kappa shape index (κ1) is 12.1. The van der Waals surface area contributed by atoms with E-state index in [9.17, 15) is 10.1 Å². The van der Waals surface area contributed by atoms with Crippen LogP contribution in [0.1, 0.15) is 26.2 Å². The summed E-state index contributed by atoms with van der Waals surface area (Å²) in [6.45, 7) is 6.95. The molecule has 1 unspecified atom stereocenters. The van der Waals surface area contributed by atoms with E-state index >= 15 is 0 Å². The molecule has 0 amide bonds. The molecule has 0 aromatic rings. The van der Waals surface area contributed by atoms with Crippen LogP contribution >= 0.6 is 0 Å². The molecule has 4 heteroatoms. The summed E-state index contributed by atoms with van der Waals surface area (Å²) in [7, 11) is 0. The lowest BCUT2D eigenvalue weighted by Crippen LogP contribution is -2.17. The van der Waals surface area contributed by atoms with Crippen LogP contribution in [0.15, 0.2) is 12.7 Å². The minimum Gasteiger partial charge on any atom is -0.313 e. The summed E-state index contributed by atoms with van der Waals surface area (Å²) >= 11 is 0. The monoisotopic (exact) mass is 186 g/mol. The van der Waals surface area contributed by atoms with Gasteiger partial charge in [-0.25, -0.2) is 0 Å². The van der Waals surface area contributed by atoms with Crippen LogP contribution < -0.4 is 5.32 Å². The summed E-state index contributed by atoms with van der Waals surface area (Å²) in [5.41, 5.74) is 0. The Morgan fingerprint density at radius 3 is 2.85 bits per heavy atom. The number of rotatable bonds is 8. The van der Waals surface area contributed by atoms with Crippen molar-refractivity contribution in [2.75, 3.05) is 13.1 Å². The molecule has 0 radical (unpaired) electrons. The van der Waals surface area contributed by atoms with Crippen LogP contribution in [-0.2, 0) is 0 Å². The Morgan fingerprint density at radius 2 is 2.31 bits per heavy atom. The van der Waals surface area contributed by atoms with Crippen molar-refractivity contribution in [3.05, 3.63) is 22.8 Å². The van der Waals surface area contributed by atoms with Gasteiger partial charge in [-0.2, -0.15) is 0 Å². The second-order valence-electron chi connectivity index (χ2n) is 3.12. The second-order valence-corrected chi connectivity index (χ2v) is 3.12. The Bertz CT molecular complexity index is 160. The van der Waals surface area contributed by atoms with E-state index in [0.717, 1.165) is 25.9 Å². The topological polar surface area (TPSA) is 55.2 Å². The summed E-state index contributed by atoms with van der Waals surface area (Å²) in [6.07, 6.45) is 4.38. The van der Waals surface area contributed by atoms with Gasteiger partial charge in [0.2, 0.25) is 6.04 Å². The first-order chi connectivity index (χ1) is 6.18. The van der Waals surface area contributed by atoms with Gasteiger partial charge < -0.3 is 5.32 Å². The Kier molecular flexibility index (Phi) is 7.20. The van der Waals surface area contributed by atoms with Gasteiger partial charge in [-0.05, 0) is 19.4 Å². The molecule has 0 aliphatic rings. The highest BCUT2D eigenvalue weighted by Crippen LogP contribution is 2.02. The molecular weight excluding hydrogens is 168 g/mol. The average molecular weight is 186 g/mol. The van der Waals surface area contributed by atoms with Crippen molar-refractivity contribution in [2.24, 2.45) is 0 Å². The maximum absolute atomic E-state index is 10.2. The SMILES string of the molecule is C=CCNCCCCC(C)[N+](=O)[O-]. The third-order valence-electron chi connectivity index (χ3n) is 1.87. The Labute approximate surface area is 79.2 Å². The molecule has 0 aliphatic heterocycles. The minimum absolute atomic E-state index is 0.225. The van der Waals surface area contributed by atoms with Crippen molar-refractivity contribution >= 4 is 0 Å².